The first-order valence-electron chi connectivity index (χ1n) is 5.47. The Morgan fingerprint density at radius 3 is 1.93 bits per heavy atom. The molecule has 86 valence electrons. The first-order valence-corrected chi connectivity index (χ1v) is 7.85. The lowest BCUT2D eigenvalue weighted by Crippen LogP contribution is -2.28. The van der Waals surface area contributed by atoms with Crippen molar-refractivity contribution in [2.45, 2.75) is 60.1 Å². The third kappa shape index (κ3) is 6.23. The summed E-state index contributed by atoms with van der Waals surface area (Å²) < 4.78 is 0. The van der Waals surface area contributed by atoms with Gasteiger partial charge in [-0.2, -0.15) is 0 Å². The van der Waals surface area contributed by atoms with E-state index in [-0.39, 0.29) is 0 Å². The van der Waals surface area contributed by atoms with E-state index < -0.39 is 0 Å². The van der Waals surface area contributed by atoms with Gasteiger partial charge >= 0.3 is 0 Å². The highest BCUT2D eigenvalue weighted by Crippen LogP contribution is 2.43. The van der Waals surface area contributed by atoms with Crippen LogP contribution in [0.4, 0.5) is 0 Å². The summed E-state index contributed by atoms with van der Waals surface area (Å²) in [7, 11) is 4.03. The first kappa shape index (κ1) is 14.7. The molecule has 0 rings (SSSR count). The minimum atomic E-state index is 0.436. The molecule has 0 saturated carbocycles. The van der Waals surface area contributed by atoms with Crippen LogP contribution in [0.25, 0.3) is 0 Å². The summed E-state index contributed by atoms with van der Waals surface area (Å²) in [5, 5.41) is 0.728. The standard InChI is InChI=1S/C12H26S2/c1-8-13-14-10(2)12(6,7)9-11(3,4)5/h10H,8-9H2,1-7H3. The van der Waals surface area contributed by atoms with Crippen molar-refractivity contribution >= 4 is 21.6 Å². The fourth-order valence-electron chi connectivity index (χ4n) is 1.81. The molecule has 1 atom stereocenters. The van der Waals surface area contributed by atoms with Crippen molar-refractivity contribution in [3.63, 3.8) is 0 Å². The van der Waals surface area contributed by atoms with Gasteiger partial charge in [-0.15, -0.1) is 0 Å². The zero-order chi connectivity index (χ0) is 11.4. The quantitative estimate of drug-likeness (QED) is 0.597. The molecule has 1 unspecified atom stereocenters. The highest BCUT2D eigenvalue weighted by atomic mass is 33.1. The monoisotopic (exact) mass is 234 g/mol. The van der Waals surface area contributed by atoms with Crippen LogP contribution in [-0.4, -0.2) is 11.0 Å². The average molecular weight is 234 g/mol. The smallest absolute Gasteiger partial charge is 0.0174 e. The van der Waals surface area contributed by atoms with E-state index in [0.29, 0.717) is 10.8 Å². The largest absolute Gasteiger partial charge is 0.0942 e. The Labute approximate surface area is 98.4 Å². The first-order chi connectivity index (χ1) is 6.19. The van der Waals surface area contributed by atoms with Gasteiger partial charge in [0.05, 0.1) is 0 Å². The Balaban J connectivity index is 4.15. The van der Waals surface area contributed by atoms with Crippen LogP contribution in [0.2, 0.25) is 0 Å². The van der Waals surface area contributed by atoms with Crippen molar-refractivity contribution in [1.82, 2.24) is 0 Å². The molecule has 0 nitrogen and oxygen atoms in total. The van der Waals surface area contributed by atoms with E-state index in [9.17, 15) is 0 Å². The molecule has 0 amide bonds. The number of rotatable bonds is 5. The Kier molecular flexibility index (Phi) is 5.98. The molecule has 0 radical (unpaired) electrons. The second kappa shape index (κ2) is 5.69. The van der Waals surface area contributed by atoms with Gasteiger partial charge in [-0.1, -0.05) is 70.1 Å². The third-order valence-electron chi connectivity index (χ3n) is 2.42. The van der Waals surface area contributed by atoms with Gasteiger partial charge in [-0.3, -0.25) is 0 Å². The normalized spacial score (nSPS) is 15.6. The molecule has 0 aliphatic rings. The van der Waals surface area contributed by atoms with E-state index in [1.165, 1.54) is 12.2 Å². The molecule has 0 aliphatic carbocycles. The number of hydrogen-bond acceptors (Lipinski definition) is 2. The topological polar surface area (TPSA) is 0 Å². The maximum absolute atomic E-state index is 2.39. The predicted octanol–water partition coefficient (Wildman–Crippen LogP) is 5.24. The van der Waals surface area contributed by atoms with Crippen molar-refractivity contribution in [2.24, 2.45) is 10.8 Å². The van der Waals surface area contributed by atoms with Gasteiger partial charge in [0.25, 0.3) is 0 Å². The van der Waals surface area contributed by atoms with Crippen LogP contribution in [-0.2, 0) is 0 Å². The van der Waals surface area contributed by atoms with Crippen LogP contribution in [0.1, 0.15) is 54.9 Å². The van der Waals surface area contributed by atoms with Gasteiger partial charge in [0.1, 0.15) is 0 Å². The SMILES string of the molecule is CCSSC(C)C(C)(C)CC(C)(C)C. The van der Waals surface area contributed by atoms with Crippen LogP contribution < -0.4 is 0 Å². The van der Waals surface area contributed by atoms with E-state index in [0.717, 1.165) is 5.25 Å². The molecule has 0 spiro atoms. The second-order valence-corrected chi connectivity index (χ2v) is 8.87. The lowest BCUT2D eigenvalue weighted by Gasteiger charge is -2.36. The molecule has 0 aromatic heterocycles. The van der Waals surface area contributed by atoms with Crippen LogP contribution in [0, 0.1) is 10.8 Å². The van der Waals surface area contributed by atoms with E-state index >= 15 is 0 Å². The highest BCUT2D eigenvalue weighted by molar-refractivity contribution is 8.76. The van der Waals surface area contributed by atoms with Crippen LogP contribution in [0.15, 0.2) is 0 Å². The van der Waals surface area contributed by atoms with Crippen LogP contribution in [0.5, 0.6) is 0 Å². The molecule has 0 N–H and O–H groups in total. The zero-order valence-electron chi connectivity index (χ0n) is 10.8. The van der Waals surface area contributed by atoms with Gasteiger partial charge in [0, 0.05) is 11.0 Å². The second-order valence-electron chi connectivity index (χ2n) is 5.87. The minimum Gasteiger partial charge on any atom is -0.0942 e. The summed E-state index contributed by atoms with van der Waals surface area (Å²) in [5.74, 6) is 1.21. The van der Waals surface area contributed by atoms with E-state index in [1.54, 1.807) is 0 Å². The number of hydrogen-bond donors (Lipinski definition) is 0. The highest BCUT2D eigenvalue weighted by Gasteiger charge is 2.31. The Bertz CT molecular complexity index is 156. The van der Waals surface area contributed by atoms with Gasteiger partial charge in [0.15, 0.2) is 0 Å². The van der Waals surface area contributed by atoms with Crippen LogP contribution in [0.3, 0.4) is 0 Å². The molecular formula is C12H26S2. The van der Waals surface area contributed by atoms with Crippen LogP contribution >= 0.6 is 21.6 Å². The van der Waals surface area contributed by atoms with Crippen molar-refractivity contribution in [2.75, 3.05) is 5.75 Å². The molecule has 0 aromatic rings. The van der Waals surface area contributed by atoms with Gasteiger partial charge in [-0.05, 0) is 17.3 Å². The fraction of sp³-hybridized carbons (Fsp3) is 1.00. The van der Waals surface area contributed by atoms with E-state index in [2.05, 4.69) is 48.5 Å². The molecule has 0 fully saturated rings. The Morgan fingerprint density at radius 2 is 1.57 bits per heavy atom. The molecular weight excluding hydrogens is 208 g/mol. The Hall–Kier alpha value is 0.700. The lowest BCUT2D eigenvalue weighted by molar-refractivity contribution is 0.213. The summed E-state index contributed by atoms with van der Waals surface area (Å²) in [6.45, 7) is 16.4. The average Bonchev–Trinajstić information content (AvgIpc) is 1.95. The summed E-state index contributed by atoms with van der Waals surface area (Å²) in [4.78, 5) is 0. The van der Waals surface area contributed by atoms with E-state index in [1.807, 2.05) is 21.6 Å². The van der Waals surface area contributed by atoms with Gasteiger partial charge < -0.3 is 0 Å². The molecule has 0 aliphatic heterocycles. The maximum atomic E-state index is 2.39. The van der Waals surface area contributed by atoms with Crippen molar-refractivity contribution < 1.29 is 0 Å². The Morgan fingerprint density at radius 1 is 1.07 bits per heavy atom. The van der Waals surface area contributed by atoms with Crippen molar-refractivity contribution in [3.05, 3.63) is 0 Å². The third-order valence-corrected chi connectivity index (χ3v) is 5.70. The summed E-state index contributed by atoms with van der Waals surface area (Å²) in [6.07, 6.45) is 1.29. The summed E-state index contributed by atoms with van der Waals surface area (Å²) in [5.41, 5.74) is 0.875. The lowest BCUT2D eigenvalue weighted by atomic mass is 9.74. The van der Waals surface area contributed by atoms with Gasteiger partial charge in [-0.25, -0.2) is 0 Å². The van der Waals surface area contributed by atoms with E-state index in [4.69, 9.17) is 0 Å². The maximum Gasteiger partial charge on any atom is 0.0174 e. The summed E-state index contributed by atoms with van der Waals surface area (Å²) in [6, 6.07) is 0. The fourth-order valence-corrected chi connectivity index (χ4v) is 4.30. The molecule has 0 bridgehead atoms. The molecule has 0 saturated heterocycles. The molecule has 0 heterocycles. The molecule has 0 aromatic carbocycles. The van der Waals surface area contributed by atoms with Crippen molar-refractivity contribution in [3.8, 4) is 0 Å². The van der Waals surface area contributed by atoms with Gasteiger partial charge in [0.2, 0.25) is 0 Å². The summed E-state index contributed by atoms with van der Waals surface area (Å²) >= 11 is 0. The van der Waals surface area contributed by atoms with Crippen molar-refractivity contribution in [1.29, 1.82) is 0 Å². The predicted molar refractivity (Wildman–Crippen MR) is 73.0 cm³/mol. The zero-order valence-corrected chi connectivity index (χ0v) is 12.4. The molecule has 14 heavy (non-hydrogen) atoms. The minimum absolute atomic E-state index is 0.436. The molecule has 2 heteroatoms.